The Morgan fingerprint density at radius 2 is 1.94 bits per heavy atom. The number of alkyl halides is 3. The third-order valence-corrected chi connectivity index (χ3v) is 3.17. The van der Waals surface area contributed by atoms with Crippen LogP contribution in [0.2, 0.25) is 0 Å². The molecule has 0 bridgehead atoms. The Bertz CT molecular complexity index is 556. The largest absolute Gasteiger partial charge is 0.407 e. The van der Waals surface area contributed by atoms with Crippen LogP contribution >= 0.6 is 0 Å². The molecule has 90 valence electrons. The minimum absolute atomic E-state index is 0.351. The molecule has 1 aromatic heterocycles. The summed E-state index contributed by atoms with van der Waals surface area (Å²) in [5, 5.41) is 3.21. The number of aromatic amines is 1. The molecule has 0 saturated carbocycles. The first-order valence-electron chi connectivity index (χ1n) is 5.47. The summed E-state index contributed by atoms with van der Waals surface area (Å²) in [5.41, 5.74) is 1.84. The Balaban J connectivity index is 2.24. The van der Waals surface area contributed by atoms with Crippen LogP contribution in [0.5, 0.6) is 0 Å². The van der Waals surface area contributed by atoms with Crippen LogP contribution in [-0.4, -0.2) is 17.7 Å². The lowest BCUT2D eigenvalue weighted by Crippen LogP contribution is -2.39. The number of nitrogens with one attached hydrogen (secondary N) is 2. The molecule has 5 heteroatoms. The summed E-state index contributed by atoms with van der Waals surface area (Å²) in [6, 6.07) is 5.57. The topological polar surface area (TPSA) is 27.8 Å². The summed E-state index contributed by atoms with van der Waals surface area (Å²) < 4.78 is 38.8. The van der Waals surface area contributed by atoms with Gasteiger partial charge in [0, 0.05) is 35.1 Å². The van der Waals surface area contributed by atoms with E-state index in [2.05, 4.69) is 10.3 Å². The summed E-state index contributed by atoms with van der Waals surface area (Å²) in [4.78, 5) is 3.08. The van der Waals surface area contributed by atoms with Crippen molar-refractivity contribution in [3.05, 3.63) is 35.5 Å². The normalized spacial score (nSPS) is 20.5. The van der Waals surface area contributed by atoms with Gasteiger partial charge in [0.1, 0.15) is 6.04 Å². The highest BCUT2D eigenvalue weighted by Gasteiger charge is 2.44. The van der Waals surface area contributed by atoms with E-state index in [1.54, 1.807) is 18.2 Å². The van der Waals surface area contributed by atoms with Crippen molar-refractivity contribution in [3.63, 3.8) is 0 Å². The van der Waals surface area contributed by atoms with Crippen molar-refractivity contribution in [2.45, 2.75) is 18.6 Å². The Morgan fingerprint density at radius 1 is 1.18 bits per heavy atom. The van der Waals surface area contributed by atoms with Crippen molar-refractivity contribution < 1.29 is 13.2 Å². The first-order valence-corrected chi connectivity index (χ1v) is 5.47. The molecule has 0 amide bonds. The fourth-order valence-corrected chi connectivity index (χ4v) is 2.47. The molecule has 0 radical (unpaired) electrons. The van der Waals surface area contributed by atoms with Gasteiger partial charge in [0.2, 0.25) is 0 Å². The molecular weight excluding hydrogens is 229 g/mol. The Kier molecular flexibility index (Phi) is 2.19. The fraction of sp³-hybridized carbons (Fsp3) is 0.333. The number of H-pyrrole nitrogens is 1. The molecule has 0 spiro atoms. The second kappa shape index (κ2) is 3.50. The summed E-state index contributed by atoms with van der Waals surface area (Å²) in [6.45, 7) is 0.351. The quantitative estimate of drug-likeness (QED) is 0.728. The lowest BCUT2D eigenvalue weighted by atomic mass is 9.97. The monoisotopic (exact) mass is 240 g/mol. The van der Waals surface area contributed by atoms with E-state index in [9.17, 15) is 13.2 Å². The SMILES string of the molecule is FC(F)(F)C1NCCc2[nH]c3ccccc3c21. The van der Waals surface area contributed by atoms with Gasteiger partial charge in [-0.2, -0.15) is 13.2 Å². The molecular formula is C12H11F3N2. The van der Waals surface area contributed by atoms with E-state index < -0.39 is 12.2 Å². The molecule has 0 saturated heterocycles. The first-order chi connectivity index (χ1) is 8.07. The van der Waals surface area contributed by atoms with Crippen molar-refractivity contribution in [3.8, 4) is 0 Å². The third kappa shape index (κ3) is 1.61. The number of fused-ring (bicyclic) bond motifs is 3. The minimum atomic E-state index is -4.25. The van der Waals surface area contributed by atoms with E-state index in [0.717, 1.165) is 5.52 Å². The molecule has 17 heavy (non-hydrogen) atoms. The second-order valence-electron chi connectivity index (χ2n) is 4.24. The first kappa shape index (κ1) is 10.7. The molecule has 2 N–H and O–H groups in total. The fourth-order valence-electron chi connectivity index (χ4n) is 2.47. The predicted octanol–water partition coefficient (Wildman–Crippen LogP) is 2.92. The molecule has 1 aromatic carbocycles. The number of hydrogen-bond acceptors (Lipinski definition) is 1. The molecule has 2 heterocycles. The van der Waals surface area contributed by atoms with E-state index in [0.29, 0.717) is 29.6 Å². The molecule has 2 nitrogen and oxygen atoms in total. The second-order valence-corrected chi connectivity index (χ2v) is 4.24. The Labute approximate surface area is 95.8 Å². The van der Waals surface area contributed by atoms with Gasteiger partial charge in [0.25, 0.3) is 0 Å². The highest BCUT2D eigenvalue weighted by Crippen LogP contribution is 2.40. The average Bonchev–Trinajstić information content (AvgIpc) is 2.65. The van der Waals surface area contributed by atoms with E-state index in [1.165, 1.54) is 0 Å². The van der Waals surface area contributed by atoms with Crippen LogP contribution in [0.4, 0.5) is 13.2 Å². The predicted molar refractivity (Wildman–Crippen MR) is 58.8 cm³/mol. The zero-order chi connectivity index (χ0) is 12.0. The van der Waals surface area contributed by atoms with Crippen molar-refractivity contribution >= 4 is 10.9 Å². The van der Waals surface area contributed by atoms with Crippen LogP contribution in [0.3, 0.4) is 0 Å². The molecule has 1 aliphatic heterocycles. The molecule has 0 aliphatic carbocycles. The third-order valence-electron chi connectivity index (χ3n) is 3.17. The Morgan fingerprint density at radius 3 is 2.71 bits per heavy atom. The highest BCUT2D eigenvalue weighted by molar-refractivity contribution is 5.85. The van der Waals surface area contributed by atoms with Crippen molar-refractivity contribution in [2.24, 2.45) is 0 Å². The van der Waals surface area contributed by atoms with Crippen LogP contribution in [0, 0.1) is 0 Å². The van der Waals surface area contributed by atoms with Crippen LogP contribution < -0.4 is 5.32 Å². The molecule has 1 unspecified atom stereocenters. The number of para-hydroxylation sites is 1. The maximum absolute atomic E-state index is 12.9. The molecule has 0 fully saturated rings. The van der Waals surface area contributed by atoms with Gasteiger partial charge in [-0.3, -0.25) is 0 Å². The van der Waals surface area contributed by atoms with E-state index in [1.807, 2.05) is 6.07 Å². The lowest BCUT2D eigenvalue weighted by Gasteiger charge is -2.26. The van der Waals surface area contributed by atoms with Gasteiger partial charge in [-0.1, -0.05) is 18.2 Å². The maximum Gasteiger partial charge on any atom is 0.407 e. The number of halogens is 3. The number of hydrogen-bond donors (Lipinski definition) is 2. The highest BCUT2D eigenvalue weighted by atomic mass is 19.4. The van der Waals surface area contributed by atoms with E-state index in [4.69, 9.17) is 0 Å². The zero-order valence-electron chi connectivity index (χ0n) is 8.93. The summed E-state index contributed by atoms with van der Waals surface area (Å²) in [6.07, 6.45) is -3.64. The van der Waals surface area contributed by atoms with Gasteiger partial charge >= 0.3 is 6.18 Å². The standard InChI is InChI=1S/C12H11F3N2/c13-12(14,15)11-10-7-3-1-2-4-8(7)17-9(10)5-6-16-11/h1-4,11,16-17H,5-6H2. The maximum atomic E-state index is 12.9. The van der Waals surface area contributed by atoms with Crippen molar-refractivity contribution in [1.29, 1.82) is 0 Å². The van der Waals surface area contributed by atoms with Gasteiger partial charge in [0.15, 0.2) is 0 Å². The summed E-state index contributed by atoms with van der Waals surface area (Å²) in [7, 11) is 0. The molecule has 1 atom stereocenters. The van der Waals surface area contributed by atoms with Crippen LogP contribution in [-0.2, 0) is 6.42 Å². The zero-order valence-corrected chi connectivity index (χ0v) is 8.93. The average molecular weight is 240 g/mol. The molecule has 2 aromatic rings. The van der Waals surface area contributed by atoms with Gasteiger partial charge < -0.3 is 10.3 Å². The molecule has 3 rings (SSSR count). The van der Waals surface area contributed by atoms with Crippen molar-refractivity contribution in [1.82, 2.24) is 10.3 Å². The number of aromatic nitrogens is 1. The smallest absolute Gasteiger partial charge is 0.358 e. The van der Waals surface area contributed by atoms with E-state index in [-0.39, 0.29) is 0 Å². The Hall–Kier alpha value is -1.49. The van der Waals surface area contributed by atoms with Gasteiger partial charge in [0.05, 0.1) is 0 Å². The van der Waals surface area contributed by atoms with Crippen LogP contribution in [0.25, 0.3) is 10.9 Å². The van der Waals surface area contributed by atoms with Crippen LogP contribution in [0.1, 0.15) is 17.3 Å². The molecule has 1 aliphatic rings. The summed E-state index contributed by atoms with van der Waals surface area (Å²) >= 11 is 0. The number of benzene rings is 1. The van der Waals surface area contributed by atoms with E-state index >= 15 is 0 Å². The number of rotatable bonds is 0. The minimum Gasteiger partial charge on any atom is -0.358 e. The lowest BCUT2D eigenvalue weighted by molar-refractivity contribution is -0.158. The van der Waals surface area contributed by atoms with Gasteiger partial charge in [-0.05, 0) is 6.07 Å². The van der Waals surface area contributed by atoms with Crippen LogP contribution in [0.15, 0.2) is 24.3 Å². The summed E-state index contributed by atoms with van der Waals surface area (Å²) in [5.74, 6) is 0. The van der Waals surface area contributed by atoms with Gasteiger partial charge in [-0.25, -0.2) is 0 Å². The van der Waals surface area contributed by atoms with Crippen molar-refractivity contribution in [2.75, 3.05) is 6.54 Å². The van der Waals surface area contributed by atoms with Gasteiger partial charge in [-0.15, -0.1) is 0 Å².